The predicted molar refractivity (Wildman–Crippen MR) is 196 cm³/mol. The van der Waals surface area contributed by atoms with E-state index >= 15 is 0 Å². The monoisotopic (exact) mass is 674 g/mol. The van der Waals surface area contributed by atoms with Crippen molar-refractivity contribution < 1.29 is 27.7 Å². The number of carbonyl (C=O) groups excluding carboxylic acids is 2. The van der Waals surface area contributed by atoms with E-state index in [1.807, 2.05) is 37.3 Å². The smallest absolute Gasteiger partial charge is 0.310 e. The normalized spacial score (nSPS) is 14.5. The van der Waals surface area contributed by atoms with Crippen molar-refractivity contribution in [3.05, 3.63) is 107 Å². The Morgan fingerprint density at radius 3 is 2.04 bits per heavy atom. The van der Waals surface area contributed by atoms with Crippen molar-refractivity contribution in [3.8, 4) is 0 Å². The molecule has 48 heavy (non-hydrogen) atoms. The second-order valence-corrected chi connectivity index (χ2v) is 13.4. The van der Waals surface area contributed by atoms with Crippen LogP contribution in [0.15, 0.2) is 89.4 Å². The minimum absolute atomic E-state index is 0.00837. The maximum Gasteiger partial charge on any atom is 0.310 e. The summed E-state index contributed by atoms with van der Waals surface area (Å²) in [6.07, 6.45) is 27.2. The molecule has 0 fully saturated rings. The predicted octanol–water partition coefficient (Wildman–Crippen LogP) is 10.3. The number of hydrogen-bond donors (Lipinski definition) is 0. The Morgan fingerprint density at radius 2 is 1.40 bits per heavy atom. The molecule has 0 saturated heterocycles. The minimum atomic E-state index is -1.06. The molecule has 258 valence electrons. The average Bonchev–Trinajstić information content (AvgIpc) is 3.31. The fraction of sp³-hybridized carbons (Fsp3) is 0.415. The number of halogens is 1. The van der Waals surface area contributed by atoms with Gasteiger partial charge in [-0.05, 0) is 116 Å². The third kappa shape index (κ3) is 13.7. The van der Waals surface area contributed by atoms with Gasteiger partial charge >= 0.3 is 11.9 Å². The molecule has 0 radical (unpaired) electrons. The molecule has 0 heterocycles. The van der Waals surface area contributed by atoms with Crippen molar-refractivity contribution in [2.75, 3.05) is 19.5 Å². The number of rotatable bonds is 21. The molecule has 1 aliphatic rings. The summed E-state index contributed by atoms with van der Waals surface area (Å²) in [5.74, 6) is -1.03. The van der Waals surface area contributed by atoms with Crippen LogP contribution in [0.4, 0.5) is 4.39 Å². The average molecular weight is 675 g/mol. The molecule has 0 saturated carbocycles. The van der Waals surface area contributed by atoms with E-state index in [-0.39, 0.29) is 31.4 Å². The van der Waals surface area contributed by atoms with Gasteiger partial charge in [-0.1, -0.05) is 74.4 Å². The summed E-state index contributed by atoms with van der Waals surface area (Å²) in [5, 5.41) is 0. The number of carbonyl (C=O) groups is 2. The molecule has 3 rings (SSSR count). The Hall–Kier alpha value is -3.84. The van der Waals surface area contributed by atoms with Gasteiger partial charge in [0.25, 0.3) is 0 Å². The zero-order chi connectivity index (χ0) is 34.6. The van der Waals surface area contributed by atoms with Gasteiger partial charge in [-0.2, -0.15) is 0 Å². The van der Waals surface area contributed by atoms with Gasteiger partial charge in [-0.3, -0.25) is 13.8 Å². The van der Waals surface area contributed by atoms with Gasteiger partial charge in [0.05, 0.1) is 19.6 Å². The van der Waals surface area contributed by atoms with Crippen molar-refractivity contribution in [1.82, 2.24) is 0 Å². The first-order chi connectivity index (χ1) is 23.3. The summed E-state index contributed by atoms with van der Waals surface area (Å²) in [5.41, 5.74) is 4.97. The largest absolute Gasteiger partial charge is 0.466 e. The lowest BCUT2D eigenvalue weighted by Crippen LogP contribution is -2.11. The molecule has 0 aromatic heterocycles. The van der Waals surface area contributed by atoms with E-state index in [1.54, 1.807) is 12.3 Å². The molecular weight excluding hydrogens is 624 g/mol. The minimum Gasteiger partial charge on any atom is -0.466 e. The van der Waals surface area contributed by atoms with Crippen LogP contribution < -0.4 is 0 Å². The number of allylic oxidation sites excluding steroid dienone is 8. The fourth-order valence-electron chi connectivity index (χ4n) is 5.42. The van der Waals surface area contributed by atoms with Crippen molar-refractivity contribution in [1.29, 1.82) is 0 Å². The maximum absolute atomic E-state index is 14.2. The van der Waals surface area contributed by atoms with Crippen molar-refractivity contribution in [3.63, 3.8) is 0 Å². The lowest BCUT2D eigenvalue weighted by atomic mass is 10.0. The molecule has 1 unspecified atom stereocenters. The standard InChI is InChI=1S/C41H51FO5S/c1-4-5-6-7-8-9-10-11-12-13-14-15-16-17-18-20-40(43)46-27-19-28-47-41(44)31-38-32(2)37(36-26-23-34(42)30-39(36)38)29-33-21-24-35(25-22-33)48(3)45/h8-9,11-12,14-15,21-26,29-30H,4-7,10,13,16-20,27-28,31H2,1-3H3. The van der Waals surface area contributed by atoms with Gasteiger partial charge < -0.3 is 9.47 Å². The Morgan fingerprint density at radius 1 is 0.771 bits per heavy atom. The first kappa shape index (κ1) is 38.6. The van der Waals surface area contributed by atoms with Crippen molar-refractivity contribution in [2.45, 2.75) is 95.8 Å². The van der Waals surface area contributed by atoms with Gasteiger partial charge in [0.1, 0.15) is 5.82 Å². The van der Waals surface area contributed by atoms with Crippen molar-refractivity contribution in [2.24, 2.45) is 0 Å². The lowest BCUT2D eigenvalue weighted by Gasteiger charge is -2.08. The van der Waals surface area contributed by atoms with Crippen LogP contribution in [0.25, 0.3) is 17.2 Å². The zero-order valence-corrected chi connectivity index (χ0v) is 29.6. The Labute approximate surface area is 289 Å². The second-order valence-electron chi connectivity index (χ2n) is 12.0. The highest BCUT2D eigenvalue weighted by molar-refractivity contribution is 7.84. The van der Waals surface area contributed by atoms with E-state index in [2.05, 4.69) is 43.4 Å². The molecule has 0 N–H and O–H groups in total. The van der Waals surface area contributed by atoms with Crippen LogP contribution in [-0.4, -0.2) is 35.6 Å². The molecule has 7 heteroatoms. The topological polar surface area (TPSA) is 69.7 Å². The van der Waals surface area contributed by atoms with Crippen LogP contribution in [0.1, 0.15) is 108 Å². The maximum atomic E-state index is 14.2. The lowest BCUT2D eigenvalue weighted by molar-refractivity contribution is -0.145. The molecule has 5 nitrogen and oxygen atoms in total. The third-order valence-electron chi connectivity index (χ3n) is 8.13. The Kier molecular flexibility index (Phi) is 17.6. The highest BCUT2D eigenvalue weighted by atomic mass is 32.2. The molecule has 0 spiro atoms. The molecule has 0 amide bonds. The quantitative estimate of drug-likeness (QED) is 0.0749. The number of hydrogen-bond acceptors (Lipinski definition) is 5. The van der Waals surface area contributed by atoms with Gasteiger partial charge in [0, 0.05) is 34.8 Å². The van der Waals surface area contributed by atoms with Crippen LogP contribution in [0.5, 0.6) is 0 Å². The van der Waals surface area contributed by atoms with Gasteiger partial charge in [-0.15, -0.1) is 0 Å². The van der Waals surface area contributed by atoms with E-state index in [4.69, 9.17) is 9.47 Å². The summed E-state index contributed by atoms with van der Waals surface area (Å²) < 4.78 is 36.7. The van der Waals surface area contributed by atoms with E-state index < -0.39 is 16.8 Å². The first-order valence-electron chi connectivity index (χ1n) is 17.2. The van der Waals surface area contributed by atoms with Crippen LogP contribution in [0, 0.1) is 5.82 Å². The van der Waals surface area contributed by atoms with Crippen LogP contribution in [0.3, 0.4) is 0 Å². The second kappa shape index (κ2) is 21.9. The highest BCUT2D eigenvalue weighted by Crippen LogP contribution is 2.44. The molecule has 1 aliphatic carbocycles. The summed E-state index contributed by atoms with van der Waals surface area (Å²) in [4.78, 5) is 25.6. The van der Waals surface area contributed by atoms with E-state index in [0.29, 0.717) is 18.4 Å². The fourth-order valence-corrected chi connectivity index (χ4v) is 5.94. The van der Waals surface area contributed by atoms with E-state index in [9.17, 15) is 18.2 Å². The number of esters is 2. The third-order valence-corrected chi connectivity index (χ3v) is 9.07. The first-order valence-corrected chi connectivity index (χ1v) is 18.8. The van der Waals surface area contributed by atoms with Gasteiger partial charge in [0.2, 0.25) is 0 Å². The van der Waals surface area contributed by atoms with Crippen LogP contribution in [-0.2, 0) is 29.9 Å². The number of unbranched alkanes of at least 4 members (excludes halogenated alkanes) is 5. The summed E-state index contributed by atoms with van der Waals surface area (Å²) in [7, 11) is -1.06. The Balaban J connectivity index is 1.32. The molecular formula is C41H51FO5S. The molecule has 0 aliphatic heterocycles. The van der Waals surface area contributed by atoms with Crippen LogP contribution in [0.2, 0.25) is 0 Å². The van der Waals surface area contributed by atoms with Gasteiger partial charge in [0.15, 0.2) is 0 Å². The summed E-state index contributed by atoms with van der Waals surface area (Å²) in [6.45, 7) is 4.47. The molecule has 0 bridgehead atoms. The van der Waals surface area contributed by atoms with E-state index in [0.717, 1.165) is 64.8 Å². The molecule has 2 aromatic carbocycles. The summed E-state index contributed by atoms with van der Waals surface area (Å²) >= 11 is 0. The zero-order valence-electron chi connectivity index (χ0n) is 28.8. The van der Waals surface area contributed by atoms with E-state index in [1.165, 1.54) is 37.8 Å². The van der Waals surface area contributed by atoms with Crippen molar-refractivity contribution >= 4 is 40.0 Å². The highest BCUT2D eigenvalue weighted by Gasteiger charge is 2.26. The summed E-state index contributed by atoms with van der Waals surface area (Å²) in [6, 6.07) is 12.0. The molecule has 2 aromatic rings. The van der Waals surface area contributed by atoms with Gasteiger partial charge in [-0.25, -0.2) is 4.39 Å². The Bertz CT molecular complexity index is 1510. The SMILES string of the molecule is CCCCCC=CCC=CCC=CCCCCC(=O)OCCCOC(=O)CC1=C(C)C(=Cc2ccc(S(C)=O)cc2)c2ccc(F)cc21. The van der Waals surface area contributed by atoms with Crippen LogP contribution >= 0.6 is 0 Å². The number of fused-ring (bicyclic) bond motifs is 1. The molecule has 1 atom stereocenters. The number of benzene rings is 2. The number of ether oxygens (including phenoxy) is 2.